The molecule has 1 aliphatic rings. The van der Waals surface area contributed by atoms with E-state index in [1.807, 2.05) is 74.5 Å². The number of carboxylic acid groups (broad SMARTS) is 1. The smallest absolute Gasteiger partial charge is 0.306 e. The highest BCUT2D eigenvalue weighted by Crippen LogP contribution is 2.30. The van der Waals surface area contributed by atoms with Gasteiger partial charge in [0.15, 0.2) is 0 Å². The molecule has 1 N–H and O–H groups in total. The Morgan fingerprint density at radius 1 is 1.11 bits per heavy atom. The number of aliphatic carboxylic acids is 1. The predicted molar refractivity (Wildman–Crippen MR) is 144 cm³/mol. The zero-order valence-corrected chi connectivity index (χ0v) is 21.7. The number of carbonyl (C=O) groups is 1. The number of hydrogen-bond donors (Lipinski definition) is 1. The van der Waals surface area contributed by atoms with Gasteiger partial charge in [0.1, 0.15) is 11.5 Å². The Hall–Kier alpha value is -4.20. The van der Waals surface area contributed by atoms with Crippen LogP contribution in [-0.4, -0.2) is 45.7 Å². The number of nitrogens with zero attached hydrogens (tertiary/aromatic N) is 4. The third kappa shape index (κ3) is 6.02. The van der Waals surface area contributed by atoms with E-state index in [0.29, 0.717) is 50.8 Å². The molecule has 196 valence electrons. The van der Waals surface area contributed by atoms with Crippen LogP contribution >= 0.6 is 0 Å². The van der Waals surface area contributed by atoms with Gasteiger partial charge in [-0.25, -0.2) is 15.0 Å². The number of rotatable bonds is 9. The van der Waals surface area contributed by atoms with Crippen LogP contribution in [0.5, 0.6) is 5.75 Å². The second-order valence-corrected chi connectivity index (χ2v) is 9.78. The lowest BCUT2D eigenvalue weighted by atomic mass is 9.81. The fourth-order valence-electron chi connectivity index (χ4n) is 5.03. The predicted octanol–water partition coefficient (Wildman–Crippen LogP) is 5.14. The van der Waals surface area contributed by atoms with E-state index in [0.717, 1.165) is 34.0 Å². The molecule has 2 atom stereocenters. The van der Waals surface area contributed by atoms with Crippen LogP contribution in [0.25, 0.3) is 11.5 Å². The molecule has 2 aromatic heterocycles. The van der Waals surface area contributed by atoms with Gasteiger partial charge in [0.2, 0.25) is 11.8 Å². The first kappa shape index (κ1) is 25.4. The van der Waals surface area contributed by atoms with Gasteiger partial charge >= 0.3 is 5.97 Å². The number of piperidine rings is 1. The Kier molecular flexibility index (Phi) is 7.67. The van der Waals surface area contributed by atoms with E-state index in [1.54, 1.807) is 6.20 Å². The van der Waals surface area contributed by atoms with Gasteiger partial charge < -0.3 is 19.2 Å². The first-order valence-corrected chi connectivity index (χ1v) is 13.0. The Labute approximate surface area is 222 Å². The van der Waals surface area contributed by atoms with E-state index in [4.69, 9.17) is 9.15 Å². The van der Waals surface area contributed by atoms with Gasteiger partial charge in [-0.1, -0.05) is 30.3 Å². The van der Waals surface area contributed by atoms with Gasteiger partial charge in [0.05, 0.1) is 18.2 Å². The van der Waals surface area contributed by atoms with Gasteiger partial charge in [-0.3, -0.25) is 4.79 Å². The van der Waals surface area contributed by atoms with E-state index >= 15 is 0 Å². The van der Waals surface area contributed by atoms with E-state index in [1.165, 1.54) is 0 Å². The minimum atomic E-state index is -0.745. The van der Waals surface area contributed by atoms with Crippen LogP contribution in [0.4, 0.5) is 5.95 Å². The largest absolute Gasteiger partial charge is 0.493 e. The lowest BCUT2D eigenvalue weighted by molar-refractivity contribution is -0.144. The van der Waals surface area contributed by atoms with E-state index in [9.17, 15) is 9.90 Å². The molecule has 0 saturated carbocycles. The topological polar surface area (TPSA) is 102 Å². The SMILES string of the molecule is Cc1ccnc(N2CCC(C(=O)O)C(Cc3cccc(OCCc4nc(-c5ccccc5)oc4C)c3)C2)n1. The van der Waals surface area contributed by atoms with Crippen LogP contribution in [0.1, 0.15) is 29.1 Å². The molecule has 8 heteroatoms. The number of oxazole rings is 1. The molecule has 2 aromatic carbocycles. The minimum absolute atomic E-state index is 0.0604. The van der Waals surface area contributed by atoms with Crippen molar-refractivity contribution in [2.75, 3.05) is 24.6 Å². The van der Waals surface area contributed by atoms with E-state index in [2.05, 4.69) is 19.9 Å². The molecule has 0 spiro atoms. The van der Waals surface area contributed by atoms with Crippen LogP contribution in [0.3, 0.4) is 0 Å². The van der Waals surface area contributed by atoms with E-state index < -0.39 is 11.9 Å². The molecule has 1 saturated heterocycles. The zero-order chi connectivity index (χ0) is 26.5. The van der Waals surface area contributed by atoms with E-state index in [-0.39, 0.29) is 5.92 Å². The number of benzene rings is 2. The lowest BCUT2D eigenvalue weighted by Crippen LogP contribution is -2.44. The zero-order valence-electron chi connectivity index (χ0n) is 21.7. The number of aryl methyl sites for hydroxylation is 2. The standard InChI is InChI=1S/C30H32N4O4/c1-20-11-14-31-30(32-20)34-15-12-26(29(35)36)24(19-34)17-22-7-6-10-25(18-22)37-16-13-27-21(2)38-28(33-27)23-8-4-3-5-9-23/h3-11,14,18,24,26H,12-13,15-17,19H2,1-2H3,(H,35,36). The Balaban J connectivity index is 1.22. The highest BCUT2D eigenvalue weighted by Gasteiger charge is 2.35. The van der Waals surface area contributed by atoms with Gasteiger partial charge in [0.25, 0.3) is 0 Å². The van der Waals surface area contributed by atoms with Gasteiger partial charge in [-0.15, -0.1) is 0 Å². The van der Waals surface area contributed by atoms with Crippen LogP contribution < -0.4 is 9.64 Å². The van der Waals surface area contributed by atoms with Crippen LogP contribution in [0, 0.1) is 25.7 Å². The average Bonchev–Trinajstić information content (AvgIpc) is 3.29. The number of aromatic nitrogens is 3. The second kappa shape index (κ2) is 11.5. The molecule has 8 nitrogen and oxygen atoms in total. The molecular formula is C30H32N4O4. The van der Waals surface area contributed by atoms with Crippen LogP contribution in [0.2, 0.25) is 0 Å². The summed E-state index contributed by atoms with van der Waals surface area (Å²) in [5.74, 6) is 1.61. The summed E-state index contributed by atoms with van der Waals surface area (Å²) in [6.45, 7) is 5.55. The molecule has 4 aromatic rings. The molecule has 0 bridgehead atoms. The molecule has 0 aliphatic carbocycles. The summed E-state index contributed by atoms with van der Waals surface area (Å²) in [5.41, 5.74) is 3.78. The van der Waals surface area contributed by atoms with Crippen molar-refractivity contribution >= 4 is 11.9 Å². The Morgan fingerprint density at radius 3 is 2.74 bits per heavy atom. The average molecular weight is 513 g/mol. The lowest BCUT2D eigenvalue weighted by Gasteiger charge is -2.37. The quantitative estimate of drug-likeness (QED) is 0.329. The maximum Gasteiger partial charge on any atom is 0.306 e. The number of carboxylic acids is 1. The first-order valence-electron chi connectivity index (χ1n) is 13.0. The summed E-state index contributed by atoms with van der Waals surface area (Å²) in [6.07, 6.45) is 3.58. The van der Waals surface area contributed by atoms with Crippen molar-refractivity contribution < 1.29 is 19.1 Å². The highest BCUT2D eigenvalue weighted by molar-refractivity contribution is 5.71. The fraction of sp³-hybridized carbons (Fsp3) is 0.333. The summed E-state index contributed by atoms with van der Waals surface area (Å²) >= 11 is 0. The third-order valence-electron chi connectivity index (χ3n) is 7.03. The van der Waals surface area contributed by atoms with Crippen molar-refractivity contribution in [3.8, 4) is 17.2 Å². The maximum atomic E-state index is 12.0. The molecule has 1 fully saturated rings. The molecule has 2 unspecified atom stereocenters. The van der Waals surface area contributed by atoms with Crippen molar-refractivity contribution in [1.29, 1.82) is 0 Å². The third-order valence-corrected chi connectivity index (χ3v) is 7.03. The number of ether oxygens (including phenoxy) is 1. The Morgan fingerprint density at radius 2 is 1.95 bits per heavy atom. The van der Waals surface area contributed by atoms with Crippen molar-refractivity contribution in [1.82, 2.24) is 15.0 Å². The van der Waals surface area contributed by atoms with Crippen LogP contribution in [-0.2, 0) is 17.6 Å². The first-order chi connectivity index (χ1) is 18.5. The normalized spacial score (nSPS) is 17.4. The van der Waals surface area contributed by atoms with Crippen molar-refractivity contribution in [3.05, 3.63) is 89.6 Å². The molecule has 0 amide bonds. The summed E-state index contributed by atoms with van der Waals surface area (Å²) in [4.78, 5) is 27.7. The van der Waals surface area contributed by atoms with Crippen molar-refractivity contribution in [2.24, 2.45) is 11.8 Å². The summed E-state index contributed by atoms with van der Waals surface area (Å²) in [5, 5.41) is 9.88. The maximum absolute atomic E-state index is 12.0. The molecule has 1 aliphatic heterocycles. The molecule has 38 heavy (non-hydrogen) atoms. The Bertz CT molecular complexity index is 1390. The van der Waals surface area contributed by atoms with Gasteiger partial charge in [-0.05, 0) is 68.5 Å². The molecular weight excluding hydrogens is 480 g/mol. The van der Waals surface area contributed by atoms with Crippen molar-refractivity contribution in [3.63, 3.8) is 0 Å². The summed E-state index contributed by atoms with van der Waals surface area (Å²) < 4.78 is 11.9. The van der Waals surface area contributed by atoms with Crippen LogP contribution in [0.15, 0.2) is 71.3 Å². The minimum Gasteiger partial charge on any atom is -0.493 e. The number of hydrogen-bond acceptors (Lipinski definition) is 7. The summed E-state index contributed by atoms with van der Waals surface area (Å²) in [7, 11) is 0. The molecule has 3 heterocycles. The molecule has 5 rings (SSSR count). The summed E-state index contributed by atoms with van der Waals surface area (Å²) in [6, 6.07) is 19.6. The number of anilines is 1. The fourth-order valence-corrected chi connectivity index (χ4v) is 5.03. The monoisotopic (exact) mass is 512 g/mol. The van der Waals surface area contributed by atoms with Gasteiger partial charge in [0, 0.05) is 37.0 Å². The van der Waals surface area contributed by atoms with Gasteiger partial charge in [-0.2, -0.15) is 0 Å². The highest BCUT2D eigenvalue weighted by atomic mass is 16.5. The second-order valence-electron chi connectivity index (χ2n) is 9.78. The van der Waals surface area contributed by atoms with Crippen molar-refractivity contribution in [2.45, 2.75) is 33.1 Å². The molecule has 0 radical (unpaired) electrons.